The van der Waals surface area contributed by atoms with Gasteiger partial charge in [0.15, 0.2) is 0 Å². The van der Waals surface area contributed by atoms with Gasteiger partial charge in [-0.2, -0.15) is 4.80 Å². The van der Waals surface area contributed by atoms with Crippen LogP contribution >= 0.6 is 0 Å². The van der Waals surface area contributed by atoms with E-state index in [2.05, 4.69) is 0 Å². The average Bonchev–Trinajstić information content (AvgIpc) is 3.41. The van der Waals surface area contributed by atoms with Crippen LogP contribution in [0, 0.1) is 0 Å². The van der Waals surface area contributed by atoms with Crippen LogP contribution in [-0.4, -0.2) is 15.0 Å². The Morgan fingerprint density at radius 3 is 1.24 bits per heavy atom. The van der Waals surface area contributed by atoms with Gasteiger partial charge in [0.2, 0.25) is 0 Å². The molecule has 6 aromatic rings. The molecule has 0 saturated heterocycles. The smallest absolute Gasteiger partial charge is 0.127 e. The van der Waals surface area contributed by atoms with E-state index in [0.29, 0.717) is 0 Å². The Morgan fingerprint density at radius 1 is 0.378 bits per heavy atom. The Labute approximate surface area is 215 Å². The van der Waals surface area contributed by atoms with E-state index in [1.807, 2.05) is 140 Å². The molecule has 5 aromatic carbocycles. The highest BCUT2D eigenvalue weighted by Gasteiger charge is 2.16. The van der Waals surface area contributed by atoms with Gasteiger partial charge in [0.1, 0.15) is 34.4 Å². The molecule has 0 aliphatic rings. The third-order valence-corrected chi connectivity index (χ3v) is 5.81. The number of hydrogen-bond donors (Lipinski definition) is 0. The maximum Gasteiger partial charge on any atom is 0.127 e. The van der Waals surface area contributed by atoms with Crippen LogP contribution in [0.5, 0.6) is 23.0 Å². The van der Waals surface area contributed by atoms with E-state index in [-0.39, 0.29) is 0 Å². The summed E-state index contributed by atoms with van der Waals surface area (Å²) < 4.78 is 11.9. The Hall–Kier alpha value is -5.16. The summed E-state index contributed by atoms with van der Waals surface area (Å²) >= 11 is 0. The molecule has 0 aliphatic carbocycles. The van der Waals surface area contributed by atoms with Crippen molar-refractivity contribution < 1.29 is 9.47 Å². The van der Waals surface area contributed by atoms with Crippen molar-refractivity contribution in [3.05, 3.63) is 140 Å². The molecular weight excluding hydrogens is 458 g/mol. The fourth-order valence-electron chi connectivity index (χ4n) is 3.98. The van der Waals surface area contributed by atoms with Crippen molar-refractivity contribution in [2.24, 2.45) is 0 Å². The lowest BCUT2D eigenvalue weighted by Gasteiger charge is -2.06. The largest absolute Gasteiger partial charge is 0.457 e. The molecule has 0 saturated carbocycles. The number of nitrogens with zero attached hydrogens (tertiary/aromatic N) is 3. The van der Waals surface area contributed by atoms with Crippen LogP contribution in [0.4, 0.5) is 0 Å². The molecule has 0 unspecified atom stereocenters. The molecule has 0 atom stereocenters. The van der Waals surface area contributed by atoms with Crippen molar-refractivity contribution in [2.45, 2.75) is 0 Å². The zero-order chi connectivity index (χ0) is 24.9. The van der Waals surface area contributed by atoms with E-state index < -0.39 is 0 Å². The first-order valence-electron chi connectivity index (χ1n) is 12.0. The molecule has 0 aliphatic heterocycles. The molecule has 5 nitrogen and oxygen atoms in total. The topological polar surface area (TPSA) is 49.2 Å². The Balaban J connectivity index is 1.31. The van der Waals surface area contributed by atoms with Crippen molar-refractivity contribution in [1.29, 1.82) is 0 Å². The van der Waals surface area contributed by atoms with Gasteiger partial charge in [-0.05, 0) is 72.8 Å². The SMILES string of the molecule is c1ccc(Oc2ccc(-c3nn(-c4ccc(Oc5ccccc5)cc4)nc3-c3ccccc3)cc2)cc1. The zero-order valence-corrected chi connectivity index (χ0v) is 19.9. The van der Waals surface area contributed by atoms with Crippen LogP contribution in [0.3, 0.4) is 0 Å². The van der Waals surface area contributed by atoms with Crippen LogP contribution < -0.4 is 9.47 Å². The molecule has 0 radical (unpaired) electrons. The van der Waals surface area contributed by atoms with Gasteiger partial charge in [0.05, 0.1) is 5.69 Å². The molecule has 0 spiro atoms. The van der Waals surface area contributed by atoms with Gasteiger partial charge in [0, 0.05) is 11.1 Å². The molecule has 1 heterocycles. The molecule has 178 valence electrons. The first-order valence-corrected chi connectivity index (χ1v) is 12.0. The van der Waals surface area contributed by atoms with Crippen molar-refractivity contribution in [3.63, 3.8) is 0 Å². The van der Waals surface area contributed by atoms with E-state index in [1.165, 1.54) is 0 Å². The lowest BCUT2D eigenvalue weighted by molar-refractivity contribution is 0.482. The third kappa shape index (κ3) is 5.11. The number of benzene rings is 5. The number of hydrogen-bond acceptors (Lipinski definition) is 4. The highest BCUT2D eigenvalue weighted by atomic mass is 16.5. The number of aromatic nitrogens is 3. The second-order valence-corrected chi connectivity index (χ2v) is 8.40. The molecule has 0 amide bonds. The van der Waals surface area contributed by atoms with Crippen LogP contribution in [0.25, 0.3) is 28.2 Å². The van der Waals surface area contributed by atoms with Gasteiger partial charge in [-0.1, -0.05) is 66.7 Å². The second kappa shape index (κ2) is 10.2. The molecule has 37 heavy (non-hydrogen) atoms. The summed E-state index contributed by atoms with van der Waals surface area (Å²) in [5.74, 6) is 3.10. The van der Waals surface area contributed by atoms with Crippen molar-refractivity contribution in [1.82, 2.24) is 15.0 Å². The molecule has 0 bridgehead atoms. The van der Waals surface area contributed by atoms with Gasteiger partial charge >= 0.3 is 0 Å². The van der Waals surface area contributed by atoms with Crippen molar-refractivity contribution >= 4 is 0 Å². The van der Waals surface area contributed by atoms with E-state index in [1.54, 1.807) is 4.80 Å². The van der Waals surface area contributed by atoms with E-state index in [9.17, 15) is 0 Å². The van der Waals surface area contributed by atoms with E-state index >= 15 is 0 Å². The van der Waals surface area contributed by atoms with Gasteiger partial charge in [-0.3, -0.25) is 0 Å². The first kappa shape index (κ1) is 22.3. The molecule has 5 heteroatoms. The lowest BCUT2D eigenvalue weighted by atomic mass is 10.1. The normalized spacial score (nSPS) is 10.7. The van der Waals surface area contributed by atoms with Gasteiger partial charge in [0.25, 0.3) is 0 Å². The molecule has 0 fully saturated rings. The number of rotatable bonds is 7. The molecule has 1 aromatic heterocycles. The monoisotopic (exact) mass is 481 g/mol. The fraction of sp³-hybridized carbons (Fsp3) is 0. The standard InChI is InChI=1S/C32H23N3O2/c1-4-10-24(11-5-1)31-32(25-16-20-29(21-17-25)36-27-12-6-2-7-13-27)34-35(33-31)26-18-22-30(23-19-26)37-28-14-8-3-9-15-28/h1-23H. The number of ether oxygens (including phenoxy) is 2. The summed E-state index contributed by atoms with van der Waals surface area (Å²) in [6, 6.07) is 45.2. The minimum absolute atomic E-state index is 0.750. The van der Waals surface area contributed by atoms with Gasteiger partial charge in [-0.25, -0.2) is 0 Å². The summed E-state index contributed by atoms with van der Waals surface area (Å²) in [6.45, 7) is 0. The molecule has 0 N–H and O–H groups in total. The van der Waals surface area contributed by atoms with Crippen LogP contribution in [0.1, 0.15) is 0 Å². The summed E-state index contributed by atoms with van der Waals surface area (Å²) in [5, 5.41) is 9.74. The predicted octanol–water partition coefficient (Wildman–Crippen LogP) is 8.19. The summed E-state index contributed by atoms with van der Waals surface area (Å²) in [4.78, 5) is 1.67. The third-order valence-electron chi connectivity index (χ3n) is 5.81. The highest BCUT2D eigenvalue weighted by Crippen LogP contribution is 2.32. The van der Waals surface area contributed by atoms with Gasteiger partial charge < -0.3 is 9.47 Å². The minimum atomic E-state index is 0.750. The lowest BCUT2D eigenvalue weighted by Crippen LogP contribution is -1.98. The quantitative estimate of drug-likeness (QED) is 0.231. The van der Waals surface area contributed by atoms with E-state index in [4.69, 9.17) is 19.7 Å². The first-order chi connectivity index (χ1) is 18.3. The van der Waals surface area contributed by atoms with Crippen molar-refractivity contribution in [3.8, 4) is 51.2 Å². The maximum atomic E-state index is 5.96. The minimum Gasteiger partial charge on any atom is -0.457 e. The zero-order valence-electron chi connectivity index (χ0n) is 19.9. The van der Waals surface area contributed by atoms with Crippen LogP contribution in [0.15, 0.2) is 140 Å². The summed E-state index contributed by atoms with van der Waals surface area (Å²) in [6.07, 6.45) is 0. The Kier molecular flexibility index (Phi) is 6.16. The summed E-state index contributed by atoms with van der Waals surface area (Å²) in [5.41, 5.74) is 4.39. The Morgan fingerprint density at radius 2 is 0.757 bits per heavy atom. The van der Waals surface area contributed by atoms with Crippen LogP contribution in [-0.2, 0) is 0 Å². The Bertz CT molecular complexity index is 1580. The maximum absolute atomic E-state index is 5.96. The van der Waals surface area contributed by atoms with Gasteiger partial charge in [-0.15, -0.1) is 10.2 Å². The predicted molar refractivity (Wildman–Crippen MR) is 145 cm³/mol. The van der Waals surface area contributed by atoms with Crippen LogP contribution in [0.2, 0.25) is 0 Å². The molecule has 6 rings (SSSR count). The molecular formula is C32H23N3O2. The summed E-state index contributed by atoms with van der Waals surface area (Å²) in [7, 11) is 0. The number of para-hydroxylation sites is 2. The second-order valence-electron chi connectivity index (χ2n) is 8.40. The highest BCUT2D eigenvalue weighted by molar-refractivity contribution is 5.78. The van der Waals surface area contributed by atoms with Crippen molar-refractivity contribution in [2.75, 3.05) is 0 Å². The average molecular weight is 482 g/mol. The van der Waals surface area contributed by atoms with E-state index in [0.717, 1.165) is 51.2 Å². The fourth-order valence-corrected chi connectivity index (χ4v) is 3.98.